The fraction of sp³-hybridized carbons (Fsp3) is 0.500. The van der Waals surface area contributed by atoms with Gasteiger partial charge < -0.3 is 49.9 Å². The van der Waals surface area contributed by atoms with Crippen LogP contribution in [0.2, 0.25) is 0 Å². The monoisotopic (exact) mass is 1290 g/mol. The highest BCUT2D eigenvalue weighted by atomic mass is 35.5. The van der Waals surface area contributed by atoms with Crippen molar-refractivity contribution in [1.29, 1.82) is 0 Å². The summed E-state index contributed by atoms with van der Waals surface area (Å²) in [5.41, 5.74) is 10.8. The highest BCUT2D eigenvalue weighted by Gasteiger charge is 2.36. The van der Waals surface area contributed by atoms with Gasteiger partial charge in [-0.1, -0.05) is 79.9 Å². The molecule has 4 heterocycles. The lowest BCUT2D eigenvalue weighted by molar-refractivity contribution is -0.132. The average molecular weight is 1290 g/mol. The second kappa shape index (κ2) is 32.9. The lowest BCUT2D eigenvalue weighted by atomic mass is 10.0. The van der Waals surface area contributed by atoms with Crippen LogP contribution in [0.25, 0.3) is 0 Å². The number of cyclic esters (lactones) is 2. The van der Waals surface area contributed by atoms with Crippen LogP contribution in [0.3, 0.4) is 0 Å². The van der Waals surface area contributed by atoms with Gasteiger partial charge in [-0.05, 0) is 107 Å². The van der Waals surface area contributed by atoms with E-state index in [0.29, 0.717) is 112 Å². The molecule has 4 saturated heterocycles. The Morgan fingerprint density at radius 3 is 1.38 bits per heavy atom. The maximum absolute atomic E-state index is 15.2. The first-order valence-corrected chi connectivity index (χ1v) is 31.9. The van der Waals surface area contributed by atoms with E-state index in [0.717, 1.165) is 53.7 Å². The van der Waals surface area contributed by atoms with Gasteiger partial charge in [0.25, 0.3) is 0 Å². The quantitative estimate of drug-likeness (QED) is 0.0560. The van der Waals surface area contributed by atoms with Crippen molar-refractivity contribution >= 4 is 116 Å². The maximum Gasteiger partial charge on any atom is 0.414 e. The number of hydrogen-bond donors (Lipinski definition) is 2. The number of anilines is 4. The number of nitrogens with one attached hydrogen (secondary N) is 1. The molecule has 4 aliphatic heterocycles. The second-order valence-electron chi connectivity index (χ2n) is 23.2. The number of carbonyl (C=O) groups excluding carboxylic acids is 6. The number of benzene rings is 4. The van der Waals surface area contributed by atoms with E-state index < -0.39 is 29.9 Å². The highest BCUT2D eigenvalue weighted by Crippen LogP contribution is 2.35. The molecule has 4 amide bonds. The third kappa shape index (κ3) is 19.8. The van der Waals surface area contributed by atoms with E-state index in [1.54, 1.807) is 34.1 Å². The van der Waals surface area contributed by atoms with Crippen molar-refractivity contribution in [3.63, 3.8) is 0 Å². The van der Waals surface area contributed by atoms with Gasteiger partial charge in [0, 0.05) is 121 Å². The molecule has 2 atom stereocenters. The van der Waals surface area contributed by atoms with Gasteiger partial charge in [0.1, 0.15) is 23.8 Å². The number of halogens is 3. The van der Waals surface area contributed by atoms with Crippen molar-refractivity contribution in [2.45, 2.75) is 83.6 Å². The molecule has 2 aliphatic carbocycles. The zero-order valence-corrected chi connectivity index (χ0v) is 54.2. The summed E-state index contributed by atoms with van der Waals surface area (Å²) in [4.78, 5) is 90.1. The number of piperazine rings is 2. The summed E-state index contributed by atoms with van der Waals surface area (Å²) in [5, 5.41) is 3.18. The molecule has 18 nitrogen and oxygen atoms in total. The summed E-state index contributed by atoms with van der Waals surface area (Å²) in [6, 6.07) is 24.4. The molecule has 6 fully saturated rings. The van der Waals surface area contributed by atoms with Gasteiger partial charge in [0.2, 0.25) is 11.8 Å². The van der Waals surface area contributed by atoms with E-state index in [4.69, 9.17) is 39.6 Å². The molecule has 88 heavy (non-hydrogen) atoms. The Morgan fingerprint density at radius 2 is 1.01 bits per heavy atom. The predicted octanol–water partition coefficient (Wildman–Crippen LogP) is 9.23. The van der Waals surface area contributed by atoms with E-state index in [1.807, 2.05) is 98.3 Å². The van der Waals surface area contributed by atoms with Crippen LogP contribution in [0.15, 0.2) is 84.9 Å². The van der Waals surface area contributed by atoms with Crippen LogP contribution < -0.4 is 30.7 Å². The van der Waals surface area contributed by atoms with Crippen molar-refractivity contribution in [1.82, 2.24) is 24.9 Å². The van der Waals surface area contributed by atoms with Crippen LogP contribution in [-0.2, 0) is 32.2 Å². The molecule has 4 aromatic rings. The zero-order chi connectivity index (χ0) is 62.3. The van der Waals surface area contributed by atoms with Gasteiger partial charge in [-0.25, -0.2) is 18.4 Å². The molecule has 2 saturated carbocycles. The SMILES string of the molecule is CCSC(=S)C1CC1.CN(C)Cc1ccc(C(=O)CCC(=O)N2CCN(c3ccc(N4C[C@H](CN)OC4=O)cc3F)CC2)cc1.CN(C)Cc1ccc(C(=O)CCC(=O)N2CCN(c3ccc(N4C[C@H](CNC(=S)C5CC5)OC4=O)cc3F)CC2)cc1.Cl. The number of thioether (sulfide) groups is 1. The Morgan fingerprint density at radius 1 is 0.602 bits per heavy atom. The number of amides is 4. The van der Waals surface area contributed by atoms with Crippen molar-refractivity contribution in [2.75, 3.05) is 132 Å². The van der Waals surface area contributed by atoms with E-state index >= 15 is 4.39 Å². The second-order valence-corrected chi connectivity index (χ2v) is 25.7. The van der Waals surface area contributed by atoms with Crippen LogP contribution in [0, 0.1) is 23.5 Å². The zero-order valence-electron chi connectivity index (χ0n) is 51.0. The molecule has 10 rings (SSSR count). The Hall–Kier alpha value is -6.34. The fourth-order valence-electron chi connectivity index (χ4n) is 10.6. The number of nitrogens with two attached hydrogens (primary N) is 1. The summed E-state index contributed by atoms with van der Waals surface area (Å²) < 4.78 is 42.0. The number of nitrogens with zero attached hydrogens (tertiary/aromatic N) is 8. The third-order valence-corrected chi connectivity index (χ3v) is 17.8. The number of carbonyl (C=O) groups is 6. The molecule has 0 radical (unpaired) electrons. The number of ether oxygens (including phenoxy) is 2. The van der Waals surface area contributed by atoms with Crippen molar-refractivity contribution < 1.29 is 47.0 Å². The summed E-state index contributed by atoms with van der Waals surface area (Å²) in [6.07, 6.45) is 3.74. The molecule has 0 bridgehead atoms. The Bertz CT molecular complexity index is 3090. The predicted molar refractivity (Wildman–Crippen MR) is 353 cm³/mol. The largest absolute Gasteiger partial charge is 0.443 e. The van der Waals surface area contributed by atoms with Crippen molar-refractivity contribution in [3.05, 3.63) is 119 Å². The van der Waals surface area contributed by atoms with Crippen LogP contribution in [0.5, 0.6) is 0 Å². The van der Waals surface area contributed by atoms with Crippen molar-refractivity contribution in [2.24, 2.45) is 17.6 Å². The molecule has 0 aromatic heterocycles. The van der Waals surface area contributed by atoms with Gasteiger partial charge in [-0.3, -0.25) is 29.0 Å². The summed E-state index contributed by atoms with van der Waals surface area (Å²) in [5.74, 6) is 1.29. The molecular weight excluding hydrogens is 1210 g/mol. The first kappa shape index (κ1) is 69.1. The summed E-state index contributed by atoms with van der Waals surface area (Å²) in [6.45, 7) is 8.72. The van der Waals surface area contributed by atoms with Crippen LogP contribution >= 0.6 is 48.6 Å². The first-order chi connectivity index (χ1) is 41.8. The van der Waals surface area contributed by atoms with E-state index in [9.17, 15) is 33.2 Å². The molecule has 476 valence electrons. The molecule has 0 spiro atoms. The van der Waals surface area contributed by atoms with Gasteiger partial charge in [-0.15, -0.1) is 24.2 Å². The van der Waals surface area contributed by atoms with E-state index in [1.165, 1.54) is 39.0 Å². The van der Waals surface area contributed by atoms with Crippen molar-refractivity contribution in [3.8, 4) is 0 Å². The third-order valence-electron chi connectivity index (χ3n) is 15.8. The smallest absolute Gasteiger partial charge is 0.414 e. The van der Waals surface area contributed by atoms with Crippen LogP contribution in [-0.4, -0.2) is 189 Å². The standard InChI is InChI=1S/C31H38FN5O4S.C27H34FN5O4.C6H10S2.ClH/c1-34(2)19-21-3-5-22(6-4-21)28(38)11-12-29(39)36-15-13-35(14-16-36)27-10-9-24(17-26(27)32)37-20-25(41-31(37)40)18-33-30(42)23-7-8-23;1-30(2)17-19-3-5-20(6-4-19)25(34)9-10-26(35)32-13-11-31(12-14-32)24-8-7-21(15-23(24)28)33-18-22(16-29)37-27(33)36;1-2-8-6(7)5-3-4-5;/h3-6,9-10,17,23,25H,7-8,11-16,18-20H2,1-2H3,(H,33,42);3-8,15,22H,9-14,16-18,29H2,1-2H3;5H,2-4H2,1H3;1H/t25-;22-;;/m00../s1. The lowest BCUT2D eigenvalue weighted by Gasteiger charge is -2.36. The number of ketones is 2. The molecular formula is C64H83ClF2N10O8S3. The Balaban J connectivity index is 0.000000221. The van der Waals surface area contributed by atoms with Crippen LogP contribution in [0.1, 0.15) is 90.1 Å². The number of Topliss-reactive ketones (excluding diaryl/α,β-unsaturated/α-hetero) is 2. The summed E-state index contributed by atoms with van der Waals surface area (Å²) >= 11 is 12.3. The average Bonchev–Trinajstić information content (AvgIpc) is 2.84. The lowest BCUT2D eigenvalue weighted by Crippen LogP contribution is -2.49. The fourth-order valence-corrected chi connectivity index (χ4v) is 12.2. The minimum absolute atomic E-state index is 0. The normalized spacial score (nSPS) is 18.2. The van der Waals surface area contributed by atoms with Gasteiger partial charge >= 0.3 is 12.2 Å². The van der Waals surface area contributed by atoms with Gasteiger partial charge in [-0.2, -0.15) is 0 Å². The van der Waals surface area contributed by atoms with E-state index in [2.05, 4.69) is 22.0 Å². The highest BCUT2D eigenvalue weighted by molar-refractivity contribution is 8.23. The molecule has 3 N–H and O–H groups in total. The van der Waals surface area contributed by atoms with Gasteiger partial charge in [0.15, 0.2) is 11.6 Å². The maximum atomic E-state index is 15.2. The number of hydrogen-bond acceptors (Lipinski definition) is 16. The minimum Gasteiger partial charge on any atom is -0.443 e. The summed E-state index contributed by atoms with van der Waals surface area (Å²) in [7, 11) is 7.96. The molecule has 4 aromatic carbocycles. The van der Waals surface area contributed by atoms with E-state index in [-0.39, 0.29) is 74.1 Å². The van der Waals surface area contributed by atoms with Crippen LogP contribution in [0.4, 0.5) is 41.1 Å². The molecule has 6 aliphatic rings. The number of rotatable bonds is 22. The first-order valence-electron chi connectivity index (χ1n) is 30.1. The van der Waals surface area contributed by atoms with Gasteiger partial charge in [0.05, 0.1) is 51.6 Å². The Kier molecular flexibility index (Phi) is 25.9. The molecule has 0 unspecified atom stereocenters. The number of thiocarbonyl (C=S) groups is 2. The topological polar surface area (TPSA) is 185 Å². The minimum atomic E-state index is -0.533. The molecule has 24 heteroatoms. The Labute approximate surface area is 537 Å².